The Hall–Kier alpha value is -1.18. The minimum Gasteiger partial charge on any atom is -0.243 e. The summed E-state index contributed by atoms with van der Waals surface area (Å²) < 4.78 is 29.4. The Balaban J connectivity index is 2.81. The summed E-state index contributed by atoms with van der Waals surface area (Å²) in [6.07, 6.45) is 0. The maximum absolute atomic E-state index is 11.9. The molecule has 2 aromatic rings. The first-order valence-corrected chi connectivity index (χ1v) is 6.09. The van der Waals surface area contributed by atoms with Crippen LogP contribution >= 0.6 is 11.6 Å². The van der Waals surface area contributed by atoms with Gasteiger partial charge in [-0.15, -0.1) is 0 Å². The van der Waals surface area contributed by atoms with Crippen LogP contribution in [0, 0.1) is 0 Å². The average molecular weight is 262 g/mol. The third-order valence-electron chi connectivity index (χ3n) is 2.09. The van der Waals surface area contributed by atoms with E-state index in [1.54, 1.807) is 0 Å². The Bertz CT molecular complexity index is 635. The van der Waals surface area contributed by atoms with Gasteiger partial charge in [-0.25, -0.2) is 17.4 Å². The summed E-state index contributed by atoms with van der Waals surface area (Å²) in [5.74, 6) is 0. The smallest absolute Gasteiger partial charge is 0.243 e. The fraction of sp³-hybridized carbons (Fsp3) is 0.250. The quantitative estimate of drug-likeness (QED) is 0.810. The Morgan fingerprint density at radius 3 is 2.50 bits per heavy atom. The summed E-state index contributed by atoms with van der Waals surface area (Å²) in [7, 11) is -0.710. The van der Waals surface area contributed by atoms with Gasteiger partial charge in [0.1, 0.15) is 4.90 Å². The van der Waals surface area contributed by atoms with E-state index in [2.05, 4.69) is 14.9 Å². The van der Waals surface area contributed by atoms with Crippen molar-refractivity contribution in [3.05, 3.63) is 17.2 Å². The lowest BCUT2D eigenvalue weighted by atomic mass is 10.3. The highest BCUT2D eigenvalue weighted by molar-refractivity contribution is 7.89. The zero-order valence-corrected chi connectivity index (χ0v) is 10.1. The van der Waals surface area contributed by atoms with Crippen LogP contribution in [-0.2, 0) is 10.0 Å². The van der Waals surface area contributed by atoms with Gasteiger partial charge in [0, 0.05) is 14.1 Å². The molecule has 0 aliphatic carbocycles. The zero-order chi connectivity index (χ0) is 11.9. The van der Waals surface area contributed by atoms with Crippen LogP contribution in [0.3, 0.4) is 0 Å². The first kappa shape index (κ1) is 11.3. The van der Waals surface area contributed by atoms with Gasteiger partial charge in [0.15, 0.2) is 11.0 Å². The molecule has 0 spiro atoms. The molecule has 1 heterocycles. The number of halogens is 1. The van der Waals surface area contributed by atoms with E-state index in [0.717, 1.165) is 4.31 Å². The number of sulfonamides is 1. The van der Waals surface area contributed by atoms with Gasteiger partial charge < -0.3 is 0 Å². The molecule has 6 nitrogen and oxygen atoms in total. The first-order chi connectivity index (χ1) is 7.44. The molecule has 0 saturated carbocycles. The highest BCUT2D eigenvalue weighted by Gasteiger charge is 2.23. The molecular weight excluding hydrogens is 254 g/mol. The molecule has 0 radical (unpaired) electrons. The average Bonchev–Trinajstić information content (AvgIpc) is 2.66. The summed E-state index contributed by atoms with van der Waals surface area (Å²) in [5.41, 5.74) is 0.380. The van der Waals surface area contributed by atoms with E-state index in [9.17, 15) is 8.42 Å². The Labute approximate surface area is 96.8 Å². The molecule has 0 bridgehead atoms. The normalized spacial score (nSPS) is 12.5. The highest BCUT2D eigenvalue weighted by atomic mass is 35.5. The second-order valence-corrected chi connectivity index (χ2v) is 5.82. The molecule has 8 heteroatoms. The van der Waals surface area contributed by atoms with Gasteiger partial charge >= 0.3 is 0 Å². The summed E-state index contributed by atoms with van der Waals surface area (Å²) in [4.78, 5) is 0.0261. The van der Waals surface area contributed by atoms with E-state index in [-0.39, 0.29) is 15.9 Å². The maximum Gasteiger partial charge on any atom is 0.244 e. The van der Waals surface area contributed by atoms with Crippen molar-refractivity contribution in [3.63, 3.8) is 0 Å². The monoisotopic (exact) mass is 261 g/mol. The third-order valence-corrected chi connectivity index (χ3v) is 4.24. The second-order valence-electron chi connectivity index (χ2n) is 3.29. The summed E-state index contributed by atoms with van der Waals surface area (Å²) >= 11 is 5.83. The molecular formula is C8H8ClN3O3S. The van der Waals surface area contributed by atoms with Crippen molar-refractivity contribution in [3.8, 4) is 0 Å². The summed E-state index contributed by atoms with van der Waals surface area (Å²) in [5, 5.41) is 7.40. The van der Waals surface area contributed by atoms with Crippen LogP contribution in [-0.4, -0.2) is 37.1 Å². The van der Waals surface area contributed by atoms with Crippen LogP contribution < -0.4 is 0 Å². The lowest BCUT2D eigenvalue weighted by Gasteiger charge is -2.10. The molecule has 1 aromatic heterocycles. The Kier molecular flexibility index (Phi) is 2.61. The number of aromatic nitrogens is 2. The van der Waals surface area contributed by atoms with Crippen molar-refractivity contribution in [1.82, 2.24) is 14.6 Å². The van der Waals surface area contributed by atoms with E-state index in [4.69, 9.17) is 11.6 Å². The molecule has 2 rings (SSSR count). The molecule has 0 aliphatic heterocycles. The number of nitrogens with zero attached hydrogens (tertiary/aromatic N) is 3. The van der Waals surface area contributed by atoms with Gasteiger partial charge in [-0.1, -0.05) is 11.6 Å². The molecule has 0 saturated heterocycles. The van der Waals surface area contributed by atoms with E-state index in [0.29, 0.717) is 5.02 Å². The van der Waals surface area contributed by atoms with E-state index in [1.165, 1.54) is 26.2 Å². The molecule has 0 unspecified atom stereocenters. The molecule has 0 atom stereocenters. The lowest BCUT2D eigenvalue weighted by molar-refractivity contribution is 0.315. The predicted molar refractivity (Wildman–Crippen MR) is 57.7 cm³/mol. The predicted octanol–water partition coefficient (Wildman–Crippen LogP) is 1.13. The van der Waals surface area contributed by atoms with Crippen molar-refractivity contribution in [2.45, 2.75) is 4.90 Å². The van der Waals surface area contributed by atoms with Gasteiger partial charge in [-0.05, 0) is 22.4 Å². The van der Waals surface area contributed by atoms with Crippen LogP contribution in [0.25, 0.3) is 11.0 Å². The van der Waals surface area contributed by atoms with E-state index >= 15 is 0 Å². The molecule has 86 valence electrons. The van der Waals surface area contributed by atoms with E-state index in [1.807, 2.05) is 0 Å². The van der Waals surface area contributed by atoms with Crippen molar-refractivity contribution in [2.24, 2.45) is 0 Å². The Morgan fingerprint density at radius 1 is 1.25 bits per heavy atom. The largest absolute Gasteiger partial charge is 0.244 e. The van der Waals surface area contributed by atoms with Gasteiger partial charge in [0.2, 0.25) is 10.0 Å². The van der Waals surface area contributed by atoms with Crippen molar-refractivity contribution >= 4 is 32.7 Å². The summed E-state index contributed by atoms with van der Waals surface area (Å²) in [6.45, 7) is 0. The zero-order valence-electron chi connectivity index (χ0n) is 8.51. The fourth-order valence-electron chi connectivity index (χ4n) is 1.22. The third kappa shape index (κ3) is 1.57. The lowest BCUT2D eigenvalue weighted by Crippen LogP contribution is -2.22. The van der Waals surface area contributed by atoms with Crippen molar-refractivity contribution in [2.75, 3.05) is 14.1 Å². The second kappa shape index (κ2) is 3.69. The number of rotatable bonds is 2. The molecule has 0 aliphatic rings. The fourth-order valence-corrected chi connectivity index (χ4v) is 2.42. The standard InChI is InChI=1S/C8H8ClN3O3S/c1-12(2)16(13,14)6-4-3-5(9)7-8(6)11-15-10-7/h3-4H,1-2H3. The van der Waals surface area contributed by atoms with Crippen molar-refractivity contribution in [1.29, 1.82) is 0 Å². The maximum atomic E-state index is 11.9. The van der Waals surface area contributed by atoms with Gasteiger partial charge in [-0.3, -0.25) is 0 Å². The SMILES string of the molecule is CN(C)S(=O)(=O)c1ccc(Cl)c2nonc12. The van der Waals surface area contributed by atoms with E-state index < -0.39 is 10.0 Å². The minimum absolute atomic E-state index is 0.0261. The number of hydrogen-bond donors (Lipinski definition) is 0. The van der Waals surface area contributed by atoms with Gasteiger partial charge in [0.05, 0.1) is 5.02 Å². The highest BCUT2D eigenvalue weighted by Crippen LogP contribution is 2.27. The van der Waals surface area contributed by atoms with Crippen LogP contribution in [0.2, 0.25) is 5.02 Å². The van der Waals surface area contributed by atoms with Gasteiger partial charge in [-0.2, -0.15) is 0 Å². The van der Waals surface area contributed by atoms with Crippen LogP contribution in [0.15, 0.2) is 21.7 Å². The summed E-state index contributed by atoms with van der Waals surface area (Å²) in [6, 6.07) is 2.83. The van der Waals surface area contributed by atoms with Gasteiger partial charge in [0.25, 0.3) is 0 Å². The molecule has 1 aromatic carbocycles. The number of fused-ring (bicyclic) bond motifs is 1. The van der Waals surface area contributed by atoms with Crippen LogP contribution in [0.1, 0.15) is 0 Å². The minimum atomic E-state index is -3.58. The topological polar surface area (TPSA) is 76.3 Å². The molecule has 0 amide bonds. The Morgan fingerprint density at radius 2 is 1.88 bits per heavy atom. The number of benzene rings is 1. The van der Waals surface area contributed by atoms with Crippen LogP contribution in [0.4, 0.5) is 0 Å². The van der Waals surface area contributed by atoms with Crippen LogP contribution in [0.5, 0.6) is 0 Å². The molecule has 0 N–H and O–H groups in total. The van der Waals surface area contributed by atoms with Crippen molar-refractivity contribution < 1.29 is 13.0 Å². The first-order valence-electron chi connectivity index (χ1n) is 4.28. The molecule has 0 fully saturated rings. The number of hydrogen-bond acceptors (Lipinski definition) is 5. The molecule has 16 heavy (non-hydrogen) atoms.